The van der Waals surface area contributed by atoms with Crippen LogP contribution in [-0.4, -0.2) is 12.6 Å². The fourth-order valence-corrected chi connectivity index (χ4v) is 2.55. The van der Waals surface area contributed by atoms with E-state index < -0.39 is 0 Å². The van der Waals surface area contributed by atoms with Gasteiger partial charge in [0.05, 0.1) is 0 Å². The summed E-state index contributed by atoms with van der Waals surface area (Å²) in [6.45, 7) is 3.25. The van der Waals surface area contributed by atoms with Crippen molar-refractivity contribution in [1.29, 1.82) is 0 Å². The van der Waals surface area contributed by atoms with Gasteiger partial charge >= 0.3 is 0 Å². The molecule has 0 saturated carbocycles. The molecule has 0 fully saturated rings. The number of carbonyl (C=O) groups is 1. The second kappa shape index (κ2) is 5.69. The van der Waals surface area contributed by atoms with Crippen molar-refractivity contribution in [2.75, 3.05) is 0 Å². The van der Waals surface area contributed by atoms with E-state index in [1.54, 1.807) is 23.5 Å². The van der Waals surface area contributed by atoms with E-state index in [2.05, 4.69) is 11.7 Å². The minimum Gasteiger partial charge on any atom is -0.273 e. The molecule has 18 heavy (non-hydrogen) atoms. The maximum atomic E-state index is 12.9. The molecule has 2 nitrogen and oxygen atoms in total. The van der Waals surface area contributed by atoms with Crippen molar-refractivity contribution in [2.24, 2.45) is 4.99 Å². The zero-order valence-corrected chi connectivity index (χ0v) is 10.5. The lowest BCUT2D eigenvalue weighted by molar-refractivity contribution is -0.117. The van der Waals surface area contributed by atoms with Crippen LogP contribution in [0.1, 0.15) is 23.5 Å². The van der Waals surface area contributed by atoms with Gasteiger partial charge < -0.3 is 0 Å². The molecule has 0 aliphatic rings. The van der Waals surface area contributed by atoms with Gasteiger partial charge in [0, 0.05) is 12.3 Å². The second-order valence-corrected chi connectivity index (χ2v) is 4.70. The van der Waals surface area contributed by atoms with Crippen molar-refractivity contribution in [3.63, 3.8) is 0 Å². The molecule has 1 heterocycles. The van der Waals surface area contributed by atoms with E-state index in [0.29, 0.717) is 0 Å². The lowest BCUT2D eigenvalue weighted by Gasteiger charge is -2.14. The highest BCUT2D eigenvalue weighted by molar-refractivity contribution is 7.08. The van der Waals surface area contributed by atoms with Crippen LogP contribution in [-0.2, 0) is 4.79 Å². The zero-order valence-electron chi connectivity index (χ0n) is 9.67. The molecule has 2 rings (SSSR count). The minimum atomic E-state index is -0.281. The smallest absolute Gasteiger partial charge is 0.246 e. The Labute approximate surface area is 109 Å². The number of nitrogens with zero attached hydrogens (tertiary/aromatic N) is 1. The average molecular weight is 261 g/mol. The molecular weight excluding hydrogens is 249 g/mol. The molecule has 4 heteroatoms. The molecule has 1 aromatic heterocycles. The first-order chi connectivity index (χ1) is 8.70. The largest absolute Gasteiger partial charge is 0.273 e. The maximum absolute atomic E-state index is 12.9. The summed E-state index contributed by atoms with van der Waals surface area (Å²) in [5.74, 6) is -0.624. The van der Waals surface area contributed by atoms with Gasteiger partial charge in [-0.25, -0.2) is 9.38 Å². The van der Waals surface area contributed by atoms with E-state index in [0.717, 1.165) is 11.1 Å². The molecule has 0 spiro atoms. The summed E-state index contributed by atoms with van der Waals surface area (Å²) in [6.07, 6.45) is 0.256. The third kappa shape index (κ3) is 2.90. The third-order valence-corrected chi connectivity index (χ3v) is 3.47. The quantitative estimate of drug-likeness (QED) is 0.773. The highest BCUT2D eigenvalue weighted by atomic mass is 32.1. The Morgan fingerprint density at radius 1 is 1.28 bits per heavy atom. The van der Waals surface area contributed by atoms with Crippen molar-refractivity contribution in [1.82, 2.24) is 0 Å². The van der Waals surface area contributed by atoms with Crippen molar-refractivity contribution < 1.29 is 9.18 Å². The Kier molecular flexibility index (Phi) is 3.99. The van der Waals surface area contributed by atoms with Crippen LogP contribution in [0.4, 0.5) is 4.39 Å². The van der Waals surface area contributed by atoms with Gasteiger partial charge in [0.25, 0.3) is 0 Å². The highest BCUT2D eigenvalue weighted by Crippen LogP contribution is 2.30. The maximum Gasteiger partial charge on any atom is 0.246 e. The predicted molar refractivity (Wildman–Crippen MR) is 71.7 cm³/mol. The van der Waals surface area contributed by atoms with E-state index in [1.165, 1.54) is 12.1 Å². The summed E-state index contributed by atoms with van der Waals surface area (Å²) in [4.78, 5) is 14.9. The first kappa shape index (κ1) is 12.6. The topological polar surface area (TPSA) is 29.4 Å². The number of rotatable bonds is 4. The van der Waals surface area contributed by atoms with Crippen LogP contribution in [0.25, 0.3) is 0 Å². The van der Waals surface area contributed by atoms with E-state index in [1.807, 2.05) is 16.8 Å². The molecule has 0 aliphatic carbocycles. The summed E-state index contributed by atoms with van der Waals surface area (Å²) in [5, 5.41) is 3.95. The van der Waals surface area contributed by atoms with E-state index >= 15 is 0 Å². The van der Waals surface area contributed by atoms with E-state index in [-0.39, 0.29) is 24.1 Å². The zero-order chi connectivity index (χ0) is 13.0. The van der Waals surface area contributed by atoms with Gasteiger partial charge in [0.1, 0.15) is 5.82 Å². The molecule has 0 unspecified atom stereocenters. The Hall–Kier alpha value is -1.81. The number of aliphatic imine (C=N–C) groups is 1. The molecule has 1 amide bonds. The summed E-state index contributed by atoms with van der Waals surface area (Å²) < 4.78 is 12.9. The number of thiophene rings is 1. The molecular formula is C14H12FNOS. The lowest BCUT2D eigenvalue weighted by atomic mass is 9.90. The summed E-state index contributed by atoms with van der Waals surface area (Å²) in [5.41, 5.74) is 1.95. The normalized spacial score (nSPS) is 12.1. The van der Waals surface area contributed by atoms with Crippen LogP contribution in [0.3, 0.4) is 0 Å². The molecule has 0 N–H and O–H groups in total. The SMILES string of the molecule is C=NC(=O)C[C@@H](c1ccc(F)cc1)c1ccsc1. The Morgan fingerprint density at radius 3 is 2.56 bits per heavy atom. The van der Waals surface area contributed by atoms with E-state index in [4.69, 9.17) is 0 Å². The van der Waals surface area contributed by atoms with Crippen LogP contribution in [0.2, 0.25) is 0 Å². The molecule has 92 valence electrons. The number of hydrogen-bond acceptors (Lipinski definition) is 2. The van der Waals surface area contributed by atoms with Crippen molar-refractivity contribution in [3.8, 4) is 0 Å². The summed E-state index contributed by atoms with van der Waals surface area (Å²) in [7, 11) is 0. The van der Waals surface area contributed by atoms with Crippen molar-refractivity contribution in [3.05, 3.63) is 58.0 Å². The molecule has 0 radical (unpaired) electrons. The van der Waals surface area contributed by atoms with Crippen LogP contribution in [0.5, 0.6) is 0 Å². The fraction of sp³-hybridized carbons (Fsp3) is 0.143. The number of benzene rings is 1. The van der Waals surface area contributed by atoms with Gasteiger partial charge in [0.15, 0.2) is 0 Å². The first-order valence-corrected chi connectivity index (χ1v) is 6.42. The molecule has 0 aliphatic heterocycles. The minimum absolute atomic E-state index is 0.0881. The van der Waals surface area contributed by atoms with Gasteiger partial charge in [-0.05, 0) is 46.8 Å². The van der Waals surface area contributed by atoms with Crippen LogP contribution >= 0.6 is 11.3 Å². The van der Waals surface area contributed by atoms with Gasteiger partial charge in [-0.2, -0.15) is 11.3 Å². The number of carbonyl (C=O) groups excluding carboxylic acids is 1. The monoisotopic (exact) mass is 261 g/mol. The second-order valence-electron chi connectivity index (χ2n) is 3.92. The number of halogens is 1. The number of hydrogen-bond donors (Lipinski definition) is 0. The van der Waals surface area contributed by atoms with Crippen LogP contribution < -0.4 is 0 Å². The molecule has 1 atom stereocenters. The van der Waals surface area contributed by atoms with Crippen molar-refractivity contribution >= 4 is 24.0 Å². The Balaban J connectivity index is 2.32. The Bertz CT molecular complexity index is 533. The van der Waals surface area contributed by atoms with Gasteiger partial charge in [-0.1, -0.05) is 12.1 Å². The summed E-state index contributed by atoms with van der Waals surface area (Å²) in [6, 6.07) is 8.18. The predicted octanol–water partition coefficient (Wildman–Crippen LogP) is 3.64. The van der Waals surface area contributed by atoms with Gasteiger partial charge in [-0.15, -0.1) is 0 Å². The molecule has 1 aromatic carbocycles. The standard InChI is InChI=1S/C14H12FNOS/c1-16-14(17)8-13(11-6-7-18-9-11)10-2-4-12(15)5-3-10/h2-7,9,13H,1,8H2/t13-/m0/s1. The highest BCUT2D eigenvalue weighted by Gasteiger charge is 2.18. The van der Waals surface area contributed by atoms with Crippen LogP contribution in [0, 0.1) is 5.82 Å². The van der Waals surface area contributed by atoms with Crippen LogP contribution in [0.15, 0.2) is 46.1 Å². The third-order valence-electron chi connectivity index (χ3n) is 2.77. The van der Waals surface area contributed by atoms with Gasteiger partial charge in [-0.3, -0.25) is 4.79 Å². The average Bonchev–Trinajstić information content (AvgIpc) is 2.90. The molecule has 0 bridgehead atoms. The lowest BCUT2D eigenvalue weighted by Crippen LogP contribution is -2.06. The van der Waals surface area contributed by atoms with E-state index in [9.17, 15) is 9.18 Å². The van der Waals surface area contributed by atoms with Gasteiger partial charge in [0.2, 0.25) is 5.91 Å². The molecule has 2 aromatic rings. The van der Waals surface area contributed by atoms with Crippen molar-refractivity contribution in [2.45, 2.75) is 12.3 Å². The first-order valence-electron chi connectivity index (χ1n) is 5.48. The molecule has 0 saturated heterocycles. The fourth-order valence-electron chi connectivity index (χ4n) is 1.84. The number of amides is 1. The Morgan fingerprint density at radius 2 is 2.00 bits per heavy atom. The summed E-state index contributed by atoms with van der Waals surface area (Å²) >= 11 is 1.57.